The van der Waals surface area contributed by atoms with Crippen LogP contribution in [0.3, 0.4) is 0 Å². The number of aromatic nitrogens is 2. The Hall–Kier alpha value is -4.11. The lowest BCUT2D eigenvalue weighted by molar-refractivity contribution is -0.123. The molecule has 1 saturated heterocycles. The van der Waals surface area contributed by atoms with Crippen LogP contribution in [0.4, 0.5) is 10.5 Å². The van der Waals surface area contributed by atoms with E-state index in [1.54, 1.807) is 30.8 Å². The van der Waals surface area contributed by atoms with E-state index in [2.05, 4.69) is 5.32 Å². The molecule has 0 unspecified atom stereocenters. The first kappa shape index (κ1) is 25.0. The van der Waals surface area contributed by atoms with Gasteiger partial charge in [0.05, 0.1) is 16.3 Å². The average Bonchev–Trinajstić information content (AvgIpc) is 3.26. The topological polar surface area (TPSA) is 93.4 Å². The predicted molar refractivity (Wildman–Crippen MR) is 142 cm³/mol. The van der Waals surface area contributed by atoms with Crippen molar-refractivity contribution in [3.63, 3.8) is 0 Å². The molecule has 0 atom stereocenters. The summed E-state index contributed by atoms with van der Waals surface area (Å²) in [6.07, 6.45) is 5.57. The minimum Gasteiger partial charge on any atom is -0.320 e. The second-order valence-corrected chi connectivity index (χ2v) is 9.21. The van der Waals surface area contributed by atoms with E-state index in [1.165, 1.54) is 4.68 Å². The first-order valence-corrected chi connectivity index (χ1v) is 12.3. The molecule has 9 heteroatoms. The summed E-state index contributed by atoms with van der Waals surface area (Å²) < 4.78 is 3.18. The molecule has 184 valence electrons. The molecule has 36 heavy (non-hydrogen) atoms. The van der Waals surface area contributed by atoms with Gasteiger partial charge in [0, 0.05) is 20.0 Å². The average molecular weight is 503 g/mol. The fourth-order valence-corrected chi connectivity index (χ4v) is 4.65. The van der Waals surface area contributed by atoms with Gasteiger partial charge in [0.25, 0.3) is 16.7 Å². The monoisotopic (exact) mass is 502 g/mol. The number of benzene rings is 2. The zero-order valence-electron chi connectivity index (χ0n) is 20.0. The molecular weight excluding hydrogens is 476 g/mol. The first-order valence-electron chi connectivity index (χ1n) is 11.5. The fourth-order valence-electron chi connectivity index (χ4n) is 3.83. The third-order valence-corrected chi connectivity index (χ3v) is 6.74. The van der Waals surface area contributed by atoms with Crippen LogP contribution in [0.25, 0.3) is 11.8 Å². The van der Waals surface area contributed by atoms with Crippen molar-refractivity contribution in [2.45, 2.75) is 19.8 Å². The van der Waals surface area contributed by atoms with Gasteiger partial charge in [-0.05, 0) is 48.9 Å². The van der Waals surface area contributed by atoms with Gasteiger partial charge >= 0.3 is 0 Å². The van der Waals surface area contributed by atoms with Crippen molar-refractivity contribution in [1.29, 1.82) is 0 Å². The Labute approximate surface area is 212 Å². The molecule has 0 radical (unpaired) electrons. The minimum absolute atomic E-state index is 0.0633. The van der Waals surface area contributed by atoms with Gasteiger partial charge in [-0.2, -0.15) is 0 Å². The molecule has 0 spiro atoms. The van der Waals surface area contributed by atoms with Crippen LogP contribution in [0.2, 0.25) is 0 Å². The molecule has 1 N–H and O–H groups in total. The summed E-state index contributed by atoms with van der Waals surface area (Å²) in [5, 5.41) is 2.35. The number of amides is 3. The molecule has 0 aliphatic carbocycles. The summed E-state index contributed by atoms with van der Waals surface area (Å²) in [7, 11) is 1.75. The lowest BCUT2D eigenvalue weighted by atomic mass is 10.2. The highest BCUT2D eigenvalue weighted by atomic mass is 32.2. The predicted octanol–water partition coefficient (Wildman–Crippen LogP) is 4.50. The summed E-state index contributed by atoms with van der Waals surface area (Å²) >= 11 is 0.884. The maximum atomic E-state index is 12.9. The van der Waals surface area contributed by atoms with Crippen LogP contribution in [0.15, 0.2) is 82.5 Å². The van der Waals surface area contributed by atoms with Gasteiger partial charge in [0.15, 0.2) is 0 Å². The largest absolute Gasteiger partial charge is 0.320 e. The SMILES string of the molecule is Cc1c(NC(=O)CCCN2C(=O)S/C(=C\C=C\c3ccccc3)C2=O)c(=O)n(-c2ccccc2)n1C. The van der Waals surface area contributed by atoms with Crippen molar-refractivity contribution in [1.82, 2.24) is 14.3 Å². The minimum atomic E-state index is -0.368. The van der Waals surface area contributed by atoms with Gasteiger partial charge in [0.2, 0.25) is 5.91 Å². The Bertz CT molecular complexity index is 1400. The number of nitrogens with zero attached hydrogens (tertiary/aromatic N) is 3. The van der Waals surface area contributed by atoms with Crippen LogP contribution < -0.4 is 10.9 Å². The number of carbonyl (C=O) groups is 3. The number of para-hydroxylation sites is 1. The smallest absolute Gasteiger partial charge is 0.295 e. The number of anilines is 1. The zero-order valence-corrected chi connectivity index (χ0v) is 20.8. The molecule has 4 rings (SSSR count). The number of thioether (sulfide) groups is 1. The number of nitrogens with one attached hydrogen (secondary N) is 1. The van der Waals surface area contributed by atoms with E-state index in [0.717, 1.165) is 22.2 Å². The third kappa shape index (κ3) is 5.41. The van der Waals surface area contributed by atoms with Gasteiger partial charge in [0.1, 0.15) is 5.69 Å². The number of rotatable bonds is 8. The van der Waals surface area contributed by atoms with Crippen LogP contribution in [-0.4, -0.2) is 37.9 Å². The quantitative estimate of drug-likeness (QED) is 0.458. The number of hydrogen-bond donors (Lipinski definition) is 1. The van der Waals surface area contributed by atoms with Crippen LogP contribution >= 0.6 is 11.8 Å². The van der Waals surface area contributed by atoms with Gasteiger partial charge < -0.3 is 5.32 Å². The normalized spacial score (nSPS) is 14.8. The van der Waals surface area contributed by atoms with E-state index in [0.29, 0.717) is 16.3 Å². The Kier molecular flexibility index (Phi) is 7.70. The highest BCUT2D eigenvalue weighted by Gasteiger charge is 2.34. The maximum absolute atomic E-state index is 12.9. The van der Waals surface area contributed by atoms with E-state index < -0.39 is 0 Å². The summed E-state index contributed by atoms with van der Waals surface area (Å²) in [5.41, 5.74) is 2.19. The lowest BCUT2D eigenvalue weighted by Gasteiger charge is -2.11. The van der Waals surface area contributed by atoms with Gasteiger partial charge in [-0.15, -0.1) is 0 Å². The number of carbonyl (C=O) groups excluding carboxylic acids is 3. The zero-order chi connectivity index (χ0) is 25.7. The second-order valence-electron chi connectivity index (χ2n) is 8.21. The Morgan fingerprint density at radius 2 is 1.67 bits per heavy atom. The van der Waals surface area contributed by atoms with Crippen molar-refractivity contribution in [3.05, 3.63) is 99.3 Å². The van der Waals surface area contributed by atoms with E-state index in [4.69, 9.17) is 0 Å². The molecule has 2 aromatic carbocycles. The molecule has 1 aromatic heterocycles. The summed E-state index contributed by atoms with van der Waals surface area (Å²) in [5.74, 6) is -0.720. The Morgan fingerprint density at radius 1 is 1.00 bits per heavy atom. The van der Waals surface area contributed by atoms with Gasteiger partial charge in [-0.3, -0.25) is 28.8 Å². The van der Waals surface area contributed by atoms with Crippen LogP contribution in [-0.2, 0) is 16.6 Å². The van der Waals surface area contributed by atoms with Crippen molar-refractivity contribution in [2.75, 3.05) is 11.9 Å². The highest BCUT2D eigenvalue weighted by molar-refractivity contribution is 8.18. The molecule has 8 nitrogen and oxygen atoms in total. The fraction of sp³-hybridized carbons (Fsp3) is 0.185. The summed E-state index contributed by atoms with van der Waals surface area (Å²) in [6.45, 7) is 1.88. The van der Waals surface area contributed by atoms with Crippen molar-refractivity contribution in [2.24, 2.45) is 7.05 Å². The highest BCUT2D eigenvalue weighted by Crippen LogP contribution is 2.30. The molecule has 0 bridgehead atoms. The lowest BCUT2D eigenvalue weighted by Crippen LogP contribution is -2.30. The molecule has 1 aliphatic heterocycles. The molecule has 3 aromatic rings. The van der Waals surface area contributed by atoms with E-state index in [9.17, 15) is 19.2 Å². The third-order valence-electron chi connectivity index (χ3n) is 5.81. The van der Waals surface area contributed by atoms with Gasteiger partial charge in [-0.1, -0.05) is 60.7 Å². The number of imide groups is 1. The van der Waals surface area contributed by atoms with Crippen molar-refractivity contribution < 1.29 is 14.4 Å². The van der Waals surface area contributed by atoms with E-state index in [1.807, 2.05) is 66.7 Å². The maximum Gasteiger partial charge on any atom is 0.295 e. The molecule has 2 heterocycles. The van der Waals surface area contributed by atoms with Crippen LogP contribution in [0, 0.1) is 6.92 Å². The molecule has 1 aliphatic rings. The van der Waals surface area contributed by atoms with Crippen molar-refractivity contribution in [3.8, 4) is 5.69 Å². The van der Waals surface area contributed by atoms with Crippen molar-refractivity contribution >= 4 is 40.6 Å². The van der Waals surface area contributed by atoms with E-state index in [-0.39, 0.29) is 47.7 Å². The molecule has 0 saturated carbocycles. The molecular formula is C27H26N4O4S. The van der Waals surface area contributed by atoms with E-state index >= 15 is 0 Å². The summed E-state index contributed by atoms with van der Waals surface area (Å²) in [6, 6.07) is 18.8. The number of hydrogen-bond acceptors (Lipinski definition) is 5. The number of allylic oxidation sites excluding steroid dienone is 2. The Morgan fingerprint density at radius 3 is 2.36 bits per heavy atom. The van der Waals surface area contributed by atoms with Gasteiger partial charge in [-0.25, -0.2) is 4.68 Å². The second kappa shape index (κ2) is 11.1. The first-order chi connectivity index (χ1) is 17.4. The van der Waals surface area contributed by atoms with Crippen LogP contribution in [0.1, 0.15) is 24.1 Å². The van der Waals surface area contributed by atoms with Crippen LogP contribution in [0.5, 0.6) is 0 Å². The molecule has 1 fully saturated rings. The summed E-state index contributed by atoms with van der Waals surface area (Å²) in [4.78, 5) is 51.9. The molecule has 3 amide bonds. The standard InChI is InChI=1S/C27H26N4O4S/c1-19-24(26(34)31(29(19)2)21-14-7-4-8-15-21)28-23(32)17-10-18-30-25(33)22(36-27(30)35)16-9-13-20-11-5-3-6-12-20/h3-9,11-16H,10,17-18H2,1-2H3,(H,28,32)/b13-9+,22-16-. The Balaban J connectivity index is 1.34.